The van der Waals surface area contributed by atoms with Crippen LogP contribution in [0.1, 0.15) is 46.5 Å². The summed E-state index contributed by atoms with van der Waals surface area (Å²) < 4.78 is 0. The summed E-state index contributed by atoms with van der Waals surface area (Å²) in [5, 5.41) is 5.57. The van der Waals surface area contributed by atoms with E-state index >= 15 is 0 Å². The molecule has 18 heavy (non-hydrogen) atoms. The number of halogens is 1. The molecular weight excluding hydrogens is 254 g/mol. The van der Waals surface area contributed by atoms with Gasteiger partial charge in [-0.15, -0.1) is 12.4 Å². The second kappa shape index (κ2) is 11.3. The summed E-state index contributed by atoms with van der Waals surface area (Å²) in [5.74, 6) is -0.00798. The number of amides is 2. The number of nitrogens with one attached hydrogen (secondary N) is 2. The molecule has 108 valence electrons. The average molecular weight is 280 g/mol. The van der Waals surface area contributed by atoms with Crippen molar-refractivity contribution in [2.24, 2.45) is 5.73 Å². The standard InChI is InChI=1S/C12H25N3O2.ClH/c1-9(2)15-12(17)6-4-5-11(16)14-8-7-10(3)13;/h9-10H,4-8,13H2,1-3H3,(H,14,16)(H,15,17);1H. The van der Waals surface area contributed by atoms with Crippen molar-refractivity contribution in [2.75, 3.05) is 6.54 Å². The lowest BCUT2D eigenvalue weighted by Gasteiger charge is -2.09. The van der Waals surface area contributed by atoms with Crippen LogP contribution in [0.3, 0.4) is 0 Å². The van der Waals surface area contributed by atoms with Crippen LogP contribution in [0.15, 0.2) is 0 Å². The van der Waals surface area contributed by atoms with Gasteiger partial charge in [-0.2, -0.15) is 0 Å². The van der Waals surface area contributed by atoms with E-state index in [9.17, 15) is 9.59 Å². The highest BCUT2D eigenvalue weighted by Gasteiger charge is 2.06. The molecule has 0 radical (unpaired) electrons. The smallest absolute Gasteiger partial charge is 0.220 e. The van der Waals surface area contributed by atoms with Crippen LogP contribution < -0.4 is 16.4 Å². The molecule has 0 bridgehead atoms. The number of nitrogens with two attached hydrogens (primary N) is 1. The van der Waals surface area contributed by atoms with E-state index in [0.29, 0.717) is 25.8 Å². The van der Waals surface area contributed by atoms with Gasteiger partial charge in [-0.05, 0) is 33.6 Å². The third kappa shape index (κ3) is 13.3. The quantitative estimate of drug-likeness (QED) is 0.619. The van der Waals surface area contributed by atoms with Gasteiger partial charge < -0.3 is 16.4 Å². The van der Waals surface area contributed by atoms with Crippen LogP contribution in [0, 0.1) is 0 Å². The van der Waals surface area contributed by atoms with Crippen LogP contribution in [0.2, 0.25) is 0 Å². The van der Waals surface area contributed by atoms with E-state index in [1.165, 1.54) is 0 Å². The molecule has 5 nitrogen and oxygen atoms in total. The third-order valence-electron chi connectivity index (χ3n) is 2.18. The van der Waals surface area contributed by atoms with E-state index in [1.54, 1.807) is 0 Å². The predicted octanol–water partition coefficient (Wildman–Crippen LogP) is 0.957. The molecule has 4 N–H and O–H groups in total. The van der Waals surface area contributed by atoms with Crippen molar-refractivity contribution >= 4 is 24.2 Å². The second-order valence-electron chi connectivity index (χ2n) is 4.69. The fraction of sp³-hybridized carbons (Fsp3) is 0.833. The van der Waals surface area contributed by atoms with E-state index in [4.69, 9.17) is 5.73 Å². The molecule has 0 aliphatic heterocycles. The highest BCUT2D eigenvalue weighted by atomic mass is 35.5. The lowest BCUT2D eigenvalue weighted by Crippen LogP contribution is -2.31. The first-order valence-corrected chi connectivity index (χ1v) is 6.23. The predicted molar refractivity (Wildman–Crippen MR) is 75.7 cm³/mol. The maximum Gasteiger partial charge on any atom is 0.220 e. The number of carbonyl (C=O) groups excluding carboxylic acids is 2. The van der Waals surface area contributed by atoms with Gasteiger partial charge in [0, 0.05) is 31.5 Å². The van der Waals surface area contributed by atoms with Crippen LogP contribution in [0.25, 0.3) is 0 Å². The molecule has 0 aliphatic carbocycles. The Balaban J connectivity index is 0. The van der Waals surface area contributed by atoms with E-state index in [2.05, 4.69) is 10.6 Å². The Morgan fingerprint density at radius 2 is 1.67 bits per heavy atom. The van der Waals surface area contributed by atoms with Gasteiger partial charge >= 0.3 is 0 Å². The van der Waals surface area contributed by atoms with Crippen LogP contribution in [0.5, 0.6) is 0 Å². The number of hydrogen-bond acceptors (Lipinski definition) is 3. The van der Waals surface area contributed by atoms with E-state index < -0.39 is 0 Å². The van der Waals surface area contributed by atoms with Crippen LogP contribution in [-0.2, 0) is 9.59 Å². The van der Waals surface area contributed by atoms with Crippen molar-refractivity contribution in [2.45, 2.75) is 58.5 Å². The molecule has 0 fully saturated rings. The maximum atomic E-state index is 11.3. The number of rotatable bonds is 8. The Kier molecular flexibility index (Phi) is 12.2. The monoisotopic (exact) mass is 279 g/mol. The summed E-state index contributed by atoms with van der Waals surface area (Å²) in [6.45, 7) is 6.34. The topological polar surface area (TPSA) is 84.2 Å². The molecule has 0 rings (SSSR count). The molecule has 0 saturated heterocycles. The Bertz CT molecular complexity index is 245. The normalized spacial score (nSPS) is 11.6. The molecule has 1 atom stereocenters. The van der Waals surface area contributed by atoms with Crippen molar-refractivity contribution in [1.29, 1.82) is 0 Å². The molecule has 0 aromatic heterocycles. The van der Waals surface area contributed by atoms with Crippen molar-refractivity contribution in [3.8, 4) is 0 Å². The molecule has 0 spiro atoms. The van der Waals surface area contributed by atoms with Crippen LogP contribution in [0.4, 0.5) is 0 Å². The summed E-state index contributed by atoms with van der Waals surface area (Å²) in [4.78, 5) is 22.6. The minimum absolute atomic E-state index is 0. The van der Waals surface area contributed by atoms with Crippen LogP contribution in [-0.4, -0.2) is 30.4 Å². The van der Waals surface area contributed by atoms with Gasteiger partial charge in [-0.3, -0.25) is 9.59 Å². The second-order valence-corrected chi connectivity index (χ2v) is 4.69. The Labute approximate surface area is 116 Å². The fourth-order valence-electron chi connectivity index (χ4n) is 1.33. The highest BCUT2D eigenvalue weighted by molar-refractivity contribution is 5.85. The third-order valence-corrected chi connectivity index (χ3v) is 2.18. The Morgan fingerprint density at radius 3 is 2.17 bits per heavy atom. The van der Waals surface area contributed by atoms with Gasteiger partial charge in [0.15, 0.2) is 0 Å². The Morgan fingerprint density at radius 1 is 1.11 bits per heavy atom. The number of hydrogen-bond donors (Lipinski definition) is 3. The molecule has 1 unspecified atom stereocenters. The van der Waals surface area contributed by atoms with E-state index in [-0.39, 0.29) is 36.3 Å². The van der Waals surface area contributed by atoms with Gasteiger partial charge in [0.1, 0.15) is 0 Å². The largest absolute Gasteiger partial charge is 0.356 e. The van der Waals surface area contributed by atoms with Gasteiger partial charge in [-0.25, -0.2) is 0 Å². The lowest BCUT2D eigenvalue weighted by molar-refractivity contribution is -0.122. The first-order chi connectivity index (χ1) is 7.91. The minimum Gasteiger partial charge on any atom is -0.356 e. The summed E-state index contributed by atoms with van der Waals surface area (Å²) in [7, 11) is 0. The zero-order valence-electron chi connectivity index (χ0n) is 11.5. The molecule has 0 aliphatic rings. The molecule has 0 aromatic rings. The van der Waals surface area contributed by atoms with Crippen LogP contribution >= 0.6 is 12.4 Å². The highest BCUT2D eigenvalue weighted by Crippen LogP contribution is 1.96. The van der Waals surface area contributed by atoms with Gasteiger partial charge in [0.25, 0.3) is 0 Å². The number of carbonyl (C=O) groups is 2. The van der Waals surface area contributed by atoms with Crippen molar-refractivity contribution in [1.82, 2.24) is 10.6 Å². The van der Waals surface area contributed by atoms with Gasteiger partial charge in [-0.1, -0.05) is 0 Å². The van der Waals surface area contributed by atoms with E-state index in [0.717, 1.165) is 6.42 Å². The fourth-order valence-corrected chi connectivity index (χ4v) is 1.33. The molecule has 2 amide bonds. The average Bonchev–Trinajstić information content (AvgIpc) is 2.15. The summed E-state index contributed by atoms with van der Waals surface area (Å²) in [5.41, 5.74) is 5.56. The first kappa shape index (κ1) is 19.5. The van der Waals surface area contributed by atoms with Crippen molar-refractivity contribution < 1.29 is 9.59 Å². The summed E-state index contributed by atoms with van der Waals surface area (Å²) >= 11 is 0. The maximum absolute atomic E-state index is 11.3. The molecule has 0 saturated carbocycles. The van der Waals surface area contributed by atoms with E-state index in [1.807, 2.05) is 20.8 Å². The molecule has 6 heteroatoms. The van der Waals surface area contributed by atoms with Crippen molar-refractivity contribution in [3.05, 3.63) is 0 Å². The van der Waals surface area contributed by atoms with Gasteiger partial charge in [0.2, 0.25) is 11.8 Å². The summed E-state index contributed by atoms with van der Waals surface area (Å²) in [6, 6.07) is 0.259. The minimum atomic E-state index is -0.0111. The lowest BCUT2D eigenvalue weighted by atomic mass is 10.2. The zero-order valence-corrected chi connectivity index (χ0v) is 12.3. The molecule has 0 aromatic carbocycles. The molecule has 0 heterocycles. The Hall–Kier alpha value is -0.810. The zero-order chi connectivity index (χ0) is 13.3. The molecular formula is C12H26ClN3O2. The first-order valence-electron chi connectivity index (χ1n) is 6.23. The summed E-state index contributed by atoms with van der Waals surface area (Å²) in [6.07, 6.45) is 2.16. The van der Waals surface area contributed by atoms with Crippen molar-refractivity contribution in [3.63, 3.8) is 0 Å². The van der Waals surface area contributed by atoms with Gasteiger partial charge in [0.05, 0.1) is 0 Å². The SMILES string of the molecule is CC(N)CCNC(=O)CCCC(=O)NC(C)C.Cl.